The molecule has 1 saturated heterocycles. The van der Waals surface area contributed by atoms with Crippen LogP contribution in [0.3, 0.4) is 0 Å². The van der Waals surface area contributed by atoms with Gasteiger partial charge in [-0.2, -0.15) is 24.7 Å². The molecule has 6 aromatic rings. The minimum absolute atomic E-state index is 0.115. The van der Waals surface area contributed by atoms with Gasteiger partial charge in [0.1, 0.15) is 18.1 Å². The third kappa shape index (κ3) is 12.3. The lowest BCUT2D eigenvalue weighted by Crippen LogP contribution is -2.38. The number of carbonyl (C=O) groups is 2. The van der Waals surface area contributed by atoms with Gasteiger partial charge in [-0.25, -0.2) is 14.8 Å². The van der Waals surface area contributed by atoms with Gasteiger partial charge in [-0.05, 0) is 87.1 Å². The molecule has 0 spiro atoms. The summed E-state index contributed by atoms with van der Waals surface area (Å²) in [5, 5.41) is 5.93. The first kappa shape index (κ1) is 46.6. The third-order valence-corrected chi connectivity index (χ3v) is 15.4. The third-order valence-electron chi connectivity index (χ3n) is 11.4. The molecule has 5 heterocycles. The van der Waals surface area contributed by atoms with Gasteiger partial charge in [0.25, 0.3) is 5.91 Å². The minimum Gasteiger partial charge on any atom is -0.494 e. The molecule has 13 nitrogen and oxygen atoms in total. The van der Waals surface area contributed by atoms with Crippen molar-refractivity contribution in [1.82, 2.24) is 24.6 Å². The summed E-state index contributed by atoms with van der Waals surface area (Å²) in [5.74, 6) is 0.193. The number of aryl methyl sites for hydroxylation is 1. The molecule has 345 valence electrons. The van der Waals surface area contributed by atoms with E-state index in [1.54, 1.807) is 4.90 Å². The maximum Gasteiger partial charge on any atom is 0.358 e. The number of para-hydroxylation sites is 1. The number of fused-ring (bicyclic) bond motifs is 2. The fourth-order valence-corrected chi connectivity index (χ4v) is 10.6. The second-order valence-electron chi connectivity index (χ2n) is 18.9. The summed E-state index contributed by atoms with van der Waals surface area (Å²) in [5.41, 5.74) is 5.35. The topological polar surface area (TPSA) is 124 Å². The van der Waals surface area contributed by atoms with Crippen molar-refractivity contribution in [2.75, 3.05) is 69.1 Å². The lowest BCUT2D eigenvalue weighted by molar-refractivity contribution is 0.00623. The molecule has 0 unspecified atom stereocenters. The molecule has 16 heteroatoms. The first-order chi connectivity index (χ1) is 31.3. The fraction of sp³-hybridized carbons (Fsp3) is 0.449. The highest BCUT2D eigenvalue weighted by atomic mass is 32.1. The van der Waals surface area contributed by atoms with Crippen LogP contribution < -0.4 is 14.5 Å². The van der Waals surface area contributed by atoms with E-state index in [1.807, 2.05) is 80.2 Å². The number of hydrogen-bond donors (Lipinski definition) is 0. The second-order valence-corrected chi connectivity index (χ2v) is 26.5. The van der Waals surface area contributed by atoms with Crippen molar-refractivity contribution in [3.63, 3.8) is 0 Å². The lowest BCUT2D eigenvalue weighted by atomic mass is 9.94. The number of carbonyl (C=O) groups excluding carboxylic acids is 2. The lowest BCUT2D eigenvalue weighted by Gasteiger charge is -2.31. The molecule has 2 aliphatic heterocycles. The van der Waals surface area contributed by atoms with Crippen LogP contribution in [0.1, 0.15) is 64.0 Å². The Morgan fingerprint density at radius 2 is 1.69 bits per heavy atom. The Balaban J connectivity index is 0.940. The second kappa shape index (κ2) is 20.7. The average Bonchev–Trinajstić information content (AvgIpc) is 4.05. The number of hydrogen-bond acceptors (Lipinski definition) is 13. The predicted molar refractivity (Wildman–Crippen MR) is 263 cm³/mol. The largest absolute Gasteiger partial charge is 0.494 e. The number of morpholine rings is 1. The standard InChI is InChI=1S/C49H61N7O6S2Si/c1-49(2,3)62-46(58)44-43(15-10-26-61-38-18-16-35(17-19-38)37-31-50-55(32-37)23-22-53-24-27-59-28-25-53)64-47(52-44)54-21-20-36-11-9-12-39(40(36)33-54)45(57)56(34-60-29-30-65(4,5)6)48-51-41-13-7-8-14-42(41)63-48/h7-9,11-14,16-19,31-32H,10,15,20-30,33-34H2,1-6H3/q-1. The number of thiazole rings is 2. The molecule has 3 aromatic carbocycles. The van der Waals surface area contributed by atoms with E-state index >= 15 is 0 Å². The summed E-state index contributed by atoms with van der Waals surface area (Å²) >= 11 is 3.01. The zero-order valence-electron chi connectivity index (χ0n) is 38.5. The molecule has 0 N–H and O–H groups in total. The summed E-state index contributed by atoms with van der Waals surface area (Å²) in [7, 11) is -1.34. The number of esters is 1. The Hall–Kier alpha value is -4.97. The van der Waals surface area contributed by atoms with Gasteiger partial charge in [0.15, 0.2) is 16.0 Å². The van der Waals surface area contributed by atoms with E-state index in [9.17, 15) is 9.59 Å². The summed E-state index contributed by atoms with van der Waals surface area (Å²) in [6, 6.07) is 23.0. The molecule has 0 bridgehead atoms. The predicted octanol–water partition coefficient (Wildman–Crippen LogP) is 9.44. The monoisotopic (exact) mass is 935 g/mol. The Labute approximate surface area is 391 Å². The molecule has 0 radical (unpaired) electrons. The molecule has 0 saturated carbocycles. The van der Waals surface area contributed by atoms with Gasteiger partial charge >= 0.3 is 5.97 Å². The van der Waals surface area contributed by atoms with E-state index in [0.717, 1.165) is 100 Å². The molecular weight excluding hydrogens is 875 g/mol. The molecule has 0 aliphatic carbocycles. The van der Waals surface area contributed by atoms with Crippen molar-refractivity contribution in [2.45, 2.75) is 84.4 Å². The van der Waals surface area contributed by atoms with Gasteiger partial charge in [0.05, 0.1) is 42.8 Å². The van der Waals surface area contributed by atoms with Gasteiger partial charge in [0.2, 0.25) is 0 Å². The van der Waals surface area contributed by atoms with Gasteiger partial charge in [-0.1, -0.05) is 47.7 Å². The zero-order valence-corrected chi connectivity index (χ0v) is 41.1. The van der Waals surface area contributed by atoms with Crippen LogP contribution in [0.4, 0.5) is 10.3 Å². The van der Waals surface area contributed by atoms with E-state index in [-0.39, 0.29) is 12.6 Å². The number of ether oxygens (including phenoxy) is 4. The van der Waals surface area contributed by atoms with E-state index in [0.29, 0.717) is 55.5 Å². The van der Waals surface area contributed by atoms with Crippen LogP contribution >= 0.6 is 22.7 Å². The number of nitrogens with zero attached hydrogens (tertiary/aromatic N) is 7. The van der Waals surface area contributed by atoms with Crippen molar-refractivity contribution in [3.8, 4) is 16.9 Å². The van der Waals surface area contributed by atoms with Gasteiger partial charge < -0.3 is 23.8 Å². The highest BCUT2D eigenvalue weighted by Gasteiger charge is 2.31. The highest BCUT2D eigenvalue weighted by molar-refractivity contribution is 7.22. The SMILES string of the molecule is CC(C)(C)OC(=O)c1nc(N2CCc3cccc(C(=O)N(COCC[Si-](C)(C)C)c4nc5ccccc5s4)c3C2)sc1CCCOc1ccc(-c2cnn(CCN3CCOCC3)c2)cc1. The molecule has 0 atom stereocenters. The van der Waals surface area contributed by atoms with E-state index in [4.69, 9.17) is 28.9 Å². The maximum absolute atomic E-state index is 14.7. The van der Waals surface area contributed by atoms with Crippen LogP contribution in [0.5, 0.6) is 5.75 Å². The maximum atomic E-state index is 14.7. The average molecular weight is 936 g/mol. The van der Waals surface area contributed by atoms with Crippen molar-refractivity contribution >= 4 is 63.1 Å². The Bertz CT molecular complexity index is 2520. The number of benzene rings is 3. The molecule has 1 fully saturated rings. The first-order valence-corrected chi connectivity index (χ1v) is 28.0. The van der Waals surface area contributed by atoms with Crippen LogP contribution in [0.2, 0.25) is 25.7 Å². The molecule has 1 amide bonds. The van der Waals surface area contributed by atoms with E-state index in [2.05, 4.69) is 58.9 Å². The normalized spacial score (nSPS) is 14.7. The molecule has 2 aliphatic rings. The van der Waals surface area contributed by atoms with Crippen LogP contribution in [0.15, 0.2) is 79.1 Å². The quantitative estimate of drug-likeness (QED) is 0.0355. The highest BCUT2D eigenvalue weighted by Crippen LogP contribution is 2.35. The molecule has 65 heavy (non-hydrogen) atoms. The smallest absolute Gasteiger partial charge is 0.358 e. The minimum atomic E-state index is -1.34. The fourth-order valence-electron chi connectivity index (χ4n) is 7.80. The number of amides is 1. The van der Waals surface area contributed by atoms with Gasteiger partial charge in [0, 0.05) is 61.5 Å². The van der Waals surface area contributed by atoms with Crippen molar-refractivity contribution in [2.24, 2.45) is 0 Å². The molecule has 8 rings (SSSR count). The van der Waals surface area contributed by atoms with Crippen molar-refractivity contribution in [3.05, 3.63) is 106 Å². The number of aromatic nitrogens is 4. The number of anilines is 2. The number of rotatable bonds is 18. The summed E-state index contributed by atoms with van der Waals surface area (Å²) < 4.78 is 26.8. The summed E-state index contributed by atoms with van der Waals surface area (Å²) in [6.07, 6.45) is 6.00. The van der Waals surface area contributed by atoms with Crippen LogP contribution in [0.25, 0.3) is 21.3 Å². The van der Waals surface area contributed by atoms with Crippen LogP contribution in [0, 0.1) is 0 Å². The Morgan fingerprint density at radius 3 is 2.46 bits per heavy atom. The van der Waals surface area contributed by atoms with Crippen LogP contribution in [-0.4, -0.2) is 110 Å². The Morgan fingerprint density at radius 1 is 0.892 bits per heavy atom. The summed E-state index contributed by atoms with van der Waals surface area (Å²) in [4.78, 5) is 45.3. The molecule has 3 aromatic heterocycles. The van der Waals surface area contributed by atoms with Gasteiger partial charge in [-0.15, -0.1) is 25.5 Å². The first-order valence-electron chi connectivity index (χ1n) is 22.7. The van der Waals surface area contributed by atoms with E-state index in [1.165, 1.54) is 22.7 Å². The Kier molecular flexibility index (Phi) is 14.8. The van der Waals surface area contributed by atoms with Crippen LogP contribution in [-0.2, 0) is 40.1 Å². The van der Waals surface area contributed by atoms with Gasteiger partial charge in [-0.3, -0.25) is 19.3 Å². The zero-order chi connectivity index (χ0) is 45.6. The molecular formula is C49H61N7O6S2Si-. The van der Waals surface area contributed by atoms with E-state index < -0.39 is 19.6 Å². The van der Waals surface area contributed by atoms with Crippen molar-refractivity contribution < 1.29 is 28.5 Å². The summed E-state index contributed by atoms with van der Waals surface area (Å²) in [6.45, 7) is 20.2. The van der Waals surface area contributed by atoms with Crippen molar-refractivity contribution in [1.29, 1.82) is 0 Å².